The number of hydrogen-bond acceptors (Lipinski definition) is 5. The summed E-state index contributed by atoms with van der Waals surface area (Å²) in [4.78, 5) is 26.5. The molecular formula is C15H17F2IN2O4. The predicted octanol–water partition coefficient (Wildman–Crippen LogP) is 2.11. The van der Waals surface area contributed by atoms with Crippen molar-refractivity contribution >= 4 is 34.3 Å². The average molecular weight is 454 g/mol. The van der Waals surface area contributed by atoms with Crippen molar-refractivity contribution in [3.8, 4) is 0 Å². The normalized spacial score (nSPS) is 13.5. The topological polar surface area (TPSA) is 99.5 Å². The maximum Gasteiger partial charge on any atom is 0.341 e. The molecule has 0 aliphatic rings. The molecule has 0 amide bonds. The largest absolute Gasteiger partial charge is 0.477 e. The van der Waals surface area contributed by atoms with Gasteiger partial charge in [-0.25, -0.2) is 4.79 Å². The summed E-state index contributed by atoms with van der Waals surface area (Å²) in [6.07, 6.45) is 0.947. The molecule has 0 fully saturated rings. The maximum atomic E-state index is 13.7. The Morgan fingerprint density at radius 2 is 2.00 bits per heavy atom. The van der Waals surface area contributed by atoms with Crippen LogP contribution < -0.4 is 5.32 Å². The van der Waals surface area contributed by atoms with Crippen LogP contribution in [-0.4, -0.2) is 39.6 Å². The molecule has 0 saturated carbocycles. The van der Waals surface area contributed by atoms with Gasteiger partial charge in [0.25, 0.3) is 0 Å². The van der Waals surface area contributed by atoms with Gasteiger partial charge >= 0.3 is 5.97 Å². The van der Waals surface area contributed by atoms with E-state index in [4.69, 9.17) is 0 Å². The maximum absolute atomic E-state index is 13.7. The Balaban J connectivity index is 3.17. The van der Waals surface area contributed by atoms with Crippen molar-refractivity contribution in [2.75, 3.05) is 6.61 Å². The molecule has 3 N–H and O–H groups in total. The average Bonchev–Trinajstić information content (AvgIpc) is 2.50. The van der Waals surface area contributed by atoms with E-state index in [2.05, 4.69) is 10.3 Å². The minimum absolute atomic E-state index is 0.107. The molecule has 0 radical (unpaired) electrons. The lowest BCUT2D eigenvalue weighted by molar-refractivity contribution is -0.132. The van der Waals surface area contributed by atoms with Crippen molar-refractivity contribution in [2.24, 2.45) is 5.41 Å². The van der Waals surface area contributed by atoms with Crippen LogP contribution in [0.15, 0.2) is 17.8 Å². The fraction of sp³-hybridized carbons (Fsp3) is 0.400. The number of nitrogens with zero attached hydrogens (tertiary/aromatic N) is 1. The fourth-order valence-electron chi connectivity index (χ4n) is 1.55. The van der Waals surface area contributed by atoms with Crippen molar-refractivity contribution in [2.45, 2.75) is 26.8 Å². The van der Waals surface area contributed by atoms with Crippen LogP contribution in [0.5, 0.6) is 0 Å². The predicted molar refractivity (Wildman–Crippen MR) is 90.4 cm³/mol. The van der Waals surface area contributed by atoms with Crippen molar-refractivity contribution < 1.29 is 28.6 Å². The van der Waals surface area contributed by atoms with Crippen molar-refractivity contribution in [1.82, 2.24) is 10.3 Å². The van der Waals surface area contributed by atoms with Crippen LogP contribution in [0.2, 0.25) is 0 Å². The summed E-state index contributed by atoms with van der Waals surface area (Å²) in [7, 11) is 0. The number of aliphatic carboxylic acids is 1. The van der Waals surface area contributed by atoms with Crippen LogP contribution in [0.1, 0.15) is 31.1 Å². The second-order valence-corrected chi connectivity index (χ2v) is 6.99. The van der Waals surface area contributed by atoms with E-state index in [9.17, 15) is 28.6 Å². The van der Waals surface area contributed by atoms with Gasteiger partial charge < -0.3 is 15.5 Å². The number of Topliss-reactive ketones (excluding diaryl/α,β-unsaturated/α-hetero) is 1. The molecule has 1 atom stereocenters. The van der Waals surface area contributed by atoms with Gasteiger partial charge in [-0.1, -0.05) is 13.8 Å². The molecule has 1 unspecified atom stereocenters. The van der Waals surface area contributed by atoms with E-state index >= 15 is 0 Å². The highest BCUT2D eigenvalue weighted by atomic mass is 127. The first kappa shape index (κ1) is 20.4. The van der Waals surface area contributed by atoms with Gasteiger partial charge in [0.2, 0.25) is 17.7 Å². The van der Waals surface area contributed by atoms with Crippen LogP contribution >= 0.6 is 22.6 Å². The summed E-state index contributed by atoms with van der Waals surface area (Å²) < 4.78 is 26.8. The first-order valence-electron chi connectivity index (χ1n) is 6.88. The van der Waals surface area contributed by atoms with Gasteiger partial charge in [-0.3, -0.25) is 4.79 Å². The smallest absolute Gasteiger partial charge is 0.341 e. The quantitative estimate of drug-likeness (QED) is 0.146. The molecule has 132 valence electrons. The molecule has 24 heavy (non-hydrogen) atoms. The molecule has 1 rings (SSSR count). The monoisotopic (exact) mass is 454 g/mol. The molecule has 6 nitrogen and oxygen atoms in total. The standard InChI is InChI=1S/C15H17F2IN2O4/c1-7(15(2,3)6-21)19-5-9(14(23)24)11(22)8-4-10(18)13(17)20-12(8)16/h4-5,7,19,21H,6H2,1-3H3,(H,23,24). The van der Waals surface area contributed by atoms with Gasteiger partial charge in [0, 0.05) is 17.7 Å². The molecule has 0 aliphatic carbocycles. The number of carboxylic acid groups (broad SMARTS) is 1. The summed E-state index contributed by atoms with van der Waals surface area (Å²) in [5.41, 5.74) is -1.94. The van der Waals surface area contributed by atoms with E-state index in [0.29, 0.717) is 0 Å². The third kappa shape index (κ3) is 4.69. The first-order valence-corrected chi connectivity index (χ1v) is 7.95. The lowest BCUT2D eigenvalue weighted by Gasteiger charge is -2.29. The lowest BCUT2D eigenvalue weighted by Crippen LogP contribution is -2.40. The number of aromatic nitrogens is 1. The number of aliphatic hydroxyl groups is 1. The summed E-state index contributed by atoms with van der Waals surface area (Å²) in [6.45, 7) is 5.01. The molecule has 0 aromatic carbocycles. The van der Waals surface area contributed by atoms with Crippen LogP contribution in [0.3, 0.4) is 0 Å². The Morgan fingerprint density at radius 1 is 1.42 bits per heavy atom. The molecule has 0 spiro atoms. The van der Waals surface area contributed by atoms with Crippen molar-refractivity contribution in [3.63, 3.8) is 0 Å². The molecule has 0 bridgehead atoms. The van der Waals surface area contributed by atoms with E-state index in [1.54, 1.807) is 20.8 Å². The molecule has 9 heteroatoms. The second kappa shape index (κ2) is 7.97. The number of carboxylic acids is 1. The Morgan fingerprint density at radius 3 is 2.50 bits per heavy atom. The Bertz CT molecular complexity index is 692. The molecule has 1 aromatic heterocycles. The van der Waals surface area contributed by atoms with Crippen LogP contribution in [0.25, 0.3) is 0 Å². The minimum Gasteiger partial charge on any atom is -0.477 e. The summed E-state index contributed by atoms with van der Waals surface area (Å²) in [6, 6.07) is 0.527. The number of nitrogens with one attached hydrogen (secondary N) is 1. The molecular weight excluding hydrogens is 437 g/mol. The van der Waals surface area contributed by atoms with Gasteiger partial charge in [-0.05, 0) is 35.6 Å². The SMILES string of the molecule is CC(NC=C(C(=O)O)C(=O)c1cc(I)c(F)nc1F)C(C)(C)CO. The molecule has 1 aromatic rings. The Hall–Kier alpha value is -1.62. The number of aliphatic hydroxyl groups excluding tert-OH is 1. The Kier molecular flexibility index (Phi) is 6.78. The van der Waals surface area contributed by atoms with Crippen molar-refractivity contribution in [1.29, 1.82) is 0 Å². The van der Waals surface area contributed by atoms with E-state index in [1.165, 1.54) is 22.6 Å². The van der Waals surface area contributed by atoms with Crippen LogP contribution in [0.4, 0.5) is 8.78 Å². The highest BCUT2D eigenvalue weighted by Crippen LogP contribution is 2.20. The zero-order valence-electron chi connectivity index (χ0n) is 13.2. The van der Waals surface area contributed by atoms with E-state index in [0.717, 1.165) is 12.3 Å². The van der Waals surface area contributed by atoms with Crippen LogP contribution in [-0.2, 0) is 4.79 Å². The van der Waals surface area contributed by atoms with Crippen molar-refractivity contribution in [3.05, 3.63) is 38.9 Å². The zero-order valence-corrected chi connectivity index (χ0v) is 15.4. The van der Waals surface area contributed by atoms with Gasteiger partial charge in [-0.2, -0.15) is 13.8 Å². The second-order valence-electron chi connectivity index (χ2n) is 5.83. The third-order valence-corrected chi connectivity index (χ3v) is 4.42. The number of carbonyl (C=O) groups excluding carboxylic acids is 1. The molecule has 0 aliphatic heterocycles. The zero-order chi connectivity index (χ0) is 18.7. The molecule has 0 saturated heterocycles. The number of hydrogen-bond donors (Lipinski definition) is 3. The third-order valence-electron chi connectivity index (χ3n) is 3.66. The van der Waals surface area contributed by atoms with Gasteiger partial charge in [-0.15, -0.1) is 0 Å². The molecule has 1 heterocycles. The van der Waals surface area contributed by atoms with E-state index in [1.807, 2.05) is 0 Å². The summed E-state index contributed by atoms with van der Waals surface area (Å²) in [5, 5.41) is 21.2. The fourth-order valence-corrected chi connectivity index (χ4v) is 1.98. The van der Waals surface area contributed by atoms with Gasteiger partial charge in [0.1, 0.15) is 5.57 Å². The minimum atomic E-state index is -1.57. The lowest BCUT2D eigenvalue weighted by atomic mass is 9.86. The highest BCUT2D eigenvalue weighted by molar-refractivity contribution is 14.1. The van der Waals surface area contributed by atoms with E-state index < -0.39 is 40.2 Å². The van der Waals surface area contributed by atoms with Crippen LogP contribution in [0, 0.1) is 20.9 Å². The number of rotatable bonds is 7. The number of carbonyl (C=O) groups is 2. The highest BCUT2D eigenvalue weighted by Gasteiger charge is 2.27. The first-order chi connectivity index (χ1) is 11.0. The van der Waals surface area contributed by atoms with Gasteiger partial charge in [0.05, 0.1) is 15.7 Å². The number of ketones is 1. The van der Waals surface area contributed by atoms with E-state index in [-0.39, 0.29) is 16.2 Å². The number of halogens is 3. The summed E-state index contributed by atoms with van der Waals surface area (Å²) in [5.74, 6) is -5.16. The number of pyridine rings is 1. The van der Waals surface area contributed by atoms with Gasteiger partial charge in [0.15, 0.2) is 0 Å². The Labute approximate surface area is 151 Å². The summed E-state index contributed by atoms with van der Waals surface area (Å²) >= 11 is 1.52.